The summed E-state index contributed by atoms with van der Waals surface area (Å²) in [6, 6.07) is 12.1. The van der Waals surface area contributed by atoms with Crippen molar-refractivity contribution in [1.29, 1.82) is 0 Å². The van der Waals surface area contributed by atoms with Crippen molar-refractivity contribution < 1.29 is 14.3 Å². The number of nitrogens with zero attached hydrogens (tertiary/aromatic N) is 1. The molecule has 0 saturated carbocycles. The van der Waals surface area contributed by atoms with Gasteiger partial charge < -0.3 is 9.52 Å². The summed E-state index contributed by atoms with van der Waals surface area (Å²) in [4.78, 5) is 13.4. The number of likely N-dealkylation sites (tertiary alicyclic amines) is 1. The van der Waals surface area contributed by atoms with E-state index in [2.05, 4.69) is 35.2 Å². The highest BCUT2D eigenvalue weighted by atomic mass is 16.4. The zero-order valence-corrected chi connectivity index (χ0v) is 12.6. The Morgan fingerprint density at radius 3 is 2.59 bits per heavy atom. The molecule has 22 heavy (non-hydrogen) atoms. The van der Waals surface area contributed by atoms with Gasteiger partial charge in [0.1, 0.15) is 11.3 Å². The Labute approximate surface area is 130 Å². The number of carbonyl (C=O) groups is 1. The lowest BCUT2D eigenvalue weighted by molar-refractivity contribution is 0.0691. The maximum absolute atomic E-state index is 11.1. The molecule has 0 bridgehead atoms. The van der Waals surface area contributed by atoms with Crippen LogP contribution in [0.4, 0.5) is 0 Å². The quantitative estimate of drug-likeness (QED) is 0.919. The molecule has 1 aromatic heterocycles. The first kappa shape index (κ1) is 14.9. The van der Waals surface area contributed by atoms with E-state index in [1.54, 1.807) is 0 Å². The summed E-state index contributed by atoms with van der Waals surface area (Å²) in [5.74, 6) is 0.367. The molecule has 1 saturated heterocycles. The molecule has 0 spiro atoms. The fraction of sp³-hybridized carbons (Fsp3) is 0.389. The maximum atomic E-state index is 11.1. The normalized spacial score (nSPS) is 16.7. The largest absolute Gasteiger partial charge is 0.478 e. The number of hydrogen-bond acceptors (Lipinski definition) is 3. The second-order valence-corrected chi connectivity index (χ2v) is 5.97. The van der Waals surface area contributed by atoms with Crippen LogP contribution in [0.1, 0.15) is 34.5 Å². The Balaban J connectivity index is 1.51. The molecule has 2 heterocycles. The van der Waals surface area contributed by atoms with Crippen LogP contribution in [0.5, 0.6) is 0 Å². The fourth-order valence-electron chi connectivity index (χ4n) is 3.15. The molecule has 0 radical (unpaired) electrons. The molecule has 1 N–H and O–H groups in total. The van der Waals surface area contributed by atoms with E-state index >= 15 is 0 Å². The standard InChI is InChI=1S/C18H21NO3/c20-18(21)16-8-11-22-17(16)13-19-9-6-15(7-10-19)12-14-4-2-1-3-5-14/h1-5,8,11,15H,6-7,9-10,12-13H2,(H,20,21). The Bertz CT molecular complexity index is 612. The van der Waals surface area contributed by atoms with Gasteiger partial charge in [0.15, 0.2) is 0 Å². The molecule has 1 aliphatic heterocycles. The van der Waals surface area contributed by atoms with Crippen LogP contribution >= 0.6 is 0 Å². The van der Waals surface area contributed by atoms with E-state index in [1.165, 1.54) is 17.9 Å². The lowest BCUT2D eigenvalue weighted by Crippen LogP contribution is -2.34. The predicted octanol–water partition coefficient (Wildman–Crippen LogP) is 3.43. The lowest BCUT2D eigenvalue weighted by Gasteiger charge is -2.31. The average Bonchev–Trinajstić information content (AvgIpc) is 2.99. The van der Waals surface area contributed by atoms with Crippen LogP contribution in [0.25, 0.3) is 0 Å². The fourth-order valence-corrected chi connectivity index (χ4v) is 3.15. The van der Waals surface area contributed by atoms with E-state index in [1.807, 2.05) is 0 Å². The zero-order valence-electron chi connectivity index (χ0n) is 12.6. The number of rotatable bonds is 5. The van der Waals surface area contributed by atoms with E-state index < -0.39 is 5.97 Å². The summed E-state index contributed by atoms with van der Waals surface area (Å²) in [6.45, 7) is 2.58. The molecule has 2 aromatic rings. The van der Waals surface area contributed by atoms with Crippen LogP contribution in [0.3, 0.4) is 0 Å². The molecular formula is C18H21NO3. The van der Waals surface area contributed by atoms with Crippen LogP contribution in [0, 0.1) is 5.92 Å². The van der Waals surface area contributed by atoms with Crippen molar-refractivity contribution in [2.24, 2.45) is 5.92 Å². The van der Waals surface area contributed by atoms with Crippen LogP contribution in [0.2, 0.25) is 0 Å². The molecule has 0 aliphatic carbocycles. The molecule has 0 amide bonds. The summed E-state index contributed by atoms with van der Waals surface area (Å²) in [7, 11) is 0. The minimum absolute atomic E-state index is 0.284. The van der Waals surface area contributed by atoms with E-state index in [0.29, 0.717) is 18.2 Å². The van der Waals surface area contributed by atoms with Crippen LogP contribution in [-0.2, 0) is 13.0 Å². The van der Waals surface area contributed by atoms with Gasteiger partial charge in [-0.05, 0) is 49.9 Å². The van der Waals surface area contributed by atoms with Crippen LogP contribution in [0.15, 0.2) is 47.1 Å². The monoisotopic (exact) mass is 299 g/mol. The second kappa shape index (κ2) is 6.79. The van der Waals surface area contributed by atoms with Crippen molar-refractivity contribution in [1.82, 2.24) is 4.90 Å². The smallest absolute Gasteiger partial charge is 0.339 e. The van der Waals surface area contributed by atoms with E-state index in [0.717, 1.165) is 32.4 Å². The summed E-state index contributed by atoms with van der Waals surface area (Å²) >= 11 is 0. The van der Waals surface area contributed by atoms with Gasteiger partial charge in [-0.1, -0.05) is 30.3 Å². The van der Waals surface area contributed by atoms with Crippen LogP contribution < -0.4 is 0 Å². The molecule has 4 nitrogen and oxygen atoms in total. The van der Waals surface area contributed by atoms with Crippen molar-refractivity contribution in [3.05, 3.63) is 59.5 Å². The van der Waals surface area contributed by atoms with E-state index in [-0.39, 0.29) is 5.56 Å². The van der Waals surface area contributed by atoms with Crippen molar-refractivity contribution in [3.63, 3.8) is 0 Å². The maximum Gasteiger partial charge on any atom is 0.339 e. The SMILES string of the molecule is O=C(O)c1ccoc1CN1CCC(Cc2ccccc2)CC1. The number of benzene rings is 1. The zero-order chi connectivity index (χ0) is 15.4. The molecule has 3 rings (SSSR count). The topological polar surface area (TPSA) is 53.7 Å². The van der Waals surface area contributed by atoms with Gasteiger partial charge in [-0.2, -0.15) is 0 Å². The Hall–Kier alpha value is -2.07. The Morgan fingerprint density at radius 2 is 1.91 bits per heavy atom. The van der Waals surface area contributed by atoms with Gasteiger partial charge in [-0.3, -0.25) is 4.90 Å². The summed E-state index contributed by atoms with van der Waals surface area (Å²) in [5.41, 5.74) is 1.69. The highest BCUT2D eigenvalue weighted by Gasteiger charge is 2.22. The van der Waals surface area contributed by atoms with Gasteiger partial charge in [0.25, 0.3) is 0 Å². The molecule has 4 heteroatoms. The van der Waals surface area contributed by atoms with Crippen molar-refractivity contribution in [3.8, 4) is 0 Å². The molecular weight excluding hydrogens is 278 g/mol. The Morgan fingerprint density at radius 1 is 1.18 bits per heavy atom. The predicted molar refractivity (Wildman–Crippen MR) is 83.8 cm³/mol. The summed E-state index contributed by atoms with van der Waals surface area (Å²) in [5, 5.41) is 9.11. The van der Waals surface area contributed by atoms with Crippen LogP contribution in [-0.4, -0.2) is 29.1 Å². The van der Waals surface area contributed by atoms with Crippen molar-refractivity contribution in [2.75, 3.05) is 13.1 Å². The number of carboxylic acids is 1. The third-order valence-corrected chi connectivity index (χ3v) is 4.42. The van der Waals surface area contributed by atoms with Gasteiger partial charge in [-0.25, -0.2) is 4.79 Å². The van der Waals surface area contributed by atoms with Crippen molar-refractivity contribution in [2.45, 2.75) is 25.8 Å². The molecule has 1 aromatic carbocycles. The summed E-state index contributed by atoms with van der Waals surface area (Å²) < 4.78 is 5.33. The van der Waals surface area contributed by atoms with Crippen molar-refractivity contribution >= 4 is 5.97 Å². The number of furan rings is 1. The highest BCUT2D eigenvalue weighted by molar-refractivity contribution is 5.88. The number of aromatic carboxylic acids is 1. The molecule has 1 aliphatic rings. The lowest BCUT2D eigenvalue weighted by atomic mass is 9.90. The first-order valence-electron chi connectivity index (χ1n) is 7.78. The number of piperidine rings is 1. The van der Waals surface area contributed by atoms with E-state index in [4.69, 9.17) is 9.52 Å². The third kappa shape index (κ3) is 3.57. The molecule has 0 atom stereocenters. The van der Waals surface area contributed by atoms with E-state index in [9.17, 15) is 4.79 Å². The molecule has 116 valence electrons. The minimum atomic E-state index is -0.914. The summed E-state index contributed by atoms with van der Waals surface area (Å²) in [6.07, 6.45) is 4.90. The van der Waals surface area contributed by atoms with Gasteiger partial charge in [0, 0.05) is 0 Å². The first-order chi connectivity index (χ1) is 10.7. The Kier molecular flexibility index (Phi) is 4.59. The number of carboxylic acid groups (broad SMARTS) is 1. The van der Waals surface area contributed by atoms with Gasteiger partial charge in [0.05, 0.1) is 12.8 Å². The minimum Gasteiger partial charge on any atom is -0.478 e. The number of hydrogen-bond donors (Lipinski definition) is 1. The van der Waals surface area contributed by atoms with Gasteiger partial charge >= 0.3 is 5.97 Å². The third-order valence-electron chi connectivity index (χ3n) is 4.42. The van der Waals surface area contributed by atoms with Gasteiger partial charge in [-0.15, -0.1) is 0 Å². The van der Waals surface area contributed by atoms with Gasteiger partial charge in [0.2, 0.25) is 0 Å². The highest BCUT2D eigenvalue weighted by Crippen LogP contribution is 2.23. The average molecular weight is 299 g/mol. The first-order valence-corrected chi connectivity index (χ1v) is 7.78. The second-order valence-electron chi connectivity index (χ2n) is 5.97. The molecule has 1 fully saturated rings. The molecule has 0 unspecified atom stereocenters.